The van der Waals surface area contributed by atoms with Gasteiger partial charge in [-0.1, -0.05) is 0 Å². The summed E-state index contributed by atoms with van der Waals surface area (Å²) in [5.74, 6) is -0.133. The van der Waals surface area contributed by atoms with Gasteiger partial charge in [-0.15, -0.1) is 0 Å². The largest absolute Gasteiger partial charge is 0.475 e. The third-order valence-corrected chi connectivity index (χ3v) is 2.88. The van der Waals surface area contributed by atoms with Crippen molar-refractivity contribution < 1.29 is 9.90 Å². The molecule has 2 aliphatic carbocycles. The SMILES string of the molecule is O=C(O)c1nc(C2CC2)cn1C1CC1. The van der Waals surface area contributed by atoms with Crippen LogP contribution in [0.25, 0.3) is 0 Å². The van der Waals surface area contributed by atoms with Crippen molar-refractivity contribution in [2.75, 3.05) is 0 Å². The fourth-order valence-electron chi connectivity index (χ4n) is 1.78. The number of hydrogen-bond acceptors (Lipinski definition) is 2. The predicted octanol–water partition coefficient (Wildman–Crippen LogP) is 1.79. The second-order valence-corrected chi connectivity index (χ2v) is 4.21. The number of aromatic carboxylic acids is 1. The molecule has 1 aromatic heterocycles. The lowest BCUT2D eigenvalue weighted by Gasteiger charge is -1.99. The fraction of sp³-hybridized carbons (Fsp3) is 0.600. The van der Waals surface area contributed by atoms with Gasteiger partial charge in [-0.05, 0) is 25.7 Å². The van der Waals surface area contributed by atoms with E-state index in [2.05, 4.69) is 4.98 Å². The molecule has 14 heavy (non-hydrogen) atoms. The molecule has 3 rings (SSSR count). The number of carboxylic acid groups (broad SMARTS) is 1. The molecule has 1 aromatic rings. The molecule has 0 amide bonds. The van der Waals surface area contributed by atoms with Gasteiger partial charge in [0.1, 0.15) is 0 Å². The summed E-state index contributed by atoms with van der Waals surface area (Å²) in [6.45, 7) is 0. The molecule has 0 atom stereocenters. The van der Waals surface area contributed by atoms with Crippen LogP contribution in [0, 0.1) is 0 Å². The van der Waals surface area contributed by atoms with Crippen LogP contribution in [0.5, 0.6) is 0 Å². The molecule has 4 nitrogen and oxygen atoms in total. The van der Waals surface area contributed by atoms with Gasteiger partial charge in [0.2, 0.25) is 5.82 Å². The first-order chi connectivity index (χ1) is 6.75. The second kappa shape index (κ2) is 2.59. The highest BCUT2D eigenvalue weighted by molar-refractivity contribution is 5.83. The first-order valence-corrected chi connectivity index (χ1v) is 5.08. The van der Waals surface area contributed by atoms with Crippen LogP contribution in [0.4, 0.5) is 0 Å². The Labute approximate surface area is 81.6 Å². The summed E-state index contributed by atoms with van der Waals surface area (Å²) in [6, 6.07) is 0.404. The van der Waals surface area contributed by atoms with E-state index in [0.29, 0.717) is 12.0 Å². The van der Waals surface area contributed by atoms with Crippen molar-refractivity contribution in [3.63, 3.8) is 0 Å². The van der Waals surface area contributed by atoms with Crippen molar-refractivity contribution in [1.82, 2.24) is 9.55 Å². The third kappa shape index (κ3) is 1.22. The fourth-order valence-corrected chi connectivity index (χ4v) is 1.78. The van der Waals surface area contributed by atoms with Gasteiger partial charge >= 0.3 is 5.97 Å². The molecule has 2 saturated carbocycles. The van der Waals surface area contributed by atoms with Gasteiger partial charge in [0, 0.05) is 18.2 Å². The number of hydrogen-bond donors (Lipinski definition) is 1. The molecular formula is C10H12N2O2. The van der Waals surface area contributed by atoms with E-state index in [9.17, 15) is 4.79 Å². The molecule has 1 heterocycles. The Bertz CT molecular complexity index is 389. The highest BCUT2D eigenvalue weighted by Gasteiger charge is 2.33. The van der Waals surface area contributed by atoms with Gasteiger partial charge in [-0.3, -0.25) is 0 Å². The number of imidazole rings is 1. The normalized spacial score (nSPS) is 21.1. The molecule has 74 valence electrons. The molecule has 1 N–H and O–H groups in total. The van der Waals surface area contributed by atoms with Gasteiger partial charge in [0.25, 0.3) is 0 Å². The lowest BCUT2D eigenvalue weighted by molar-refractivity contribution is 0.0678. The maximum atomic E-state index is 10.9. The smallest absolute Gasteiger partial charge is 0.372 e. The molecule has 0 bridgehead atoms. The van der Waals surface area contributed by atoms with Crippen LogP contribution >= 0.6 is 0 Å². The van der Waals surface area contributed by atoms with E-state index in [1.807, 2.05) is 10.8 Å². The van der Waals surface area contributed by atoms with Crippen LogP contribution in [0.1, 0.15) is 54.0 Å². The minimum Gasteiger partial charge on any atom is -0.475 e. The van der Waals surface area contributed by atoms with Crippen LogP contribution in [0.2, 0.25) is 0 Å². The number of nitrogens with zero attached hydrogens (tertiary/aromatic N) is 2. The average molecular weight is 192 g/mol. The quantitative estimate of drug-likeness (QED) is 0.794. The molecule has 2 fully saturated rings. The van der Waals surface area contributed by atoms with E-state index in [0.717, 1.165) is 18.5 Å². The summed E-state index contributed by atoms with van der Waals surface area (Å²) in [4.78, 5) is 15.1. The van der Waals surface area contributed by atoms with Gasteiger partial charge in [0.15, 0.2) is 0 Å². The van der Waals surface area contributed by atoms with Crippen molar-refractivity contribution in [3.8, 4) is 0 Å². The molecular weight excluding hydrogens is 180 g/mol. The number of aromatic nitrogens is 2. The molecule has 4 heteroatoms. The van der Waals surface area contributed by atoms with Gasteiger partial charge in [0.05, 0.1) is 5.69 Å². The molecule has 0 radical (unpaired) electrons. The third-order valence-electron chi connectivity index (χ3n) is 2.88. The zero-order valence-corrected chi connectivity index (χ0v) is 7.81. The van der Waals surface area contributed by atoms with Crippen LogP contribution < -0.4 is 0 Å². The Kier molecular flexibility index (Phi) is 1.48. The van der Waals surface area contributed by atoms with Crippen molar-refractivity contribution in [2.24, 2.45) is 0 Å². The first-order valence-electron chi connectivity index (χ1n) is 5.08. The van der Waals surface area contributed by atoms with Gasteiger partial charge < -0.3 is 9.67 Å². The van der Waals surface area contributed by atoms with Crippen LogP contribution in [-0.4, -0.2) is 20.6 Å². The molecule has 0 aromatic carbocycles. The van der Waals surface area contributed by atoms with Crippen LogP contribution in [0.3, 0.4) is 0 Å². The number of carbonyl (C=O) groups is 1. The minimum atomic E-state index is -0.899. The Morgan fingerprint density at radius 3 is 2.64 bits per heavy atom. The van der Waals surface area contributed by atoms with Gasteiger partial charge in [-0.25, -0.2) is 9.78 Å². The average Bonchev–Trinajstić information content (AvgIpc) is 3.03. The lowest BCUT2D eigenvalue weighted by atomic mass is 10.3. The molecule has 0 spiro atoms. The Balaban J connectivity index is 2.01. The summed E-state index contributed by atoms with van der Waals surface area (Å²) in [5, 5.41) is 8.97. The summed E-state index contributed by atoms with van der Waals surface area (Å²) in [6.07, 6.45) is 6.47. The van der Waals surface area contributed by atoms with E-state index < -0.39 is 5.97 Å². The molecule has 0 aliphatic heterocycles. The monoisotopic (exact) mass is 192 g/mol. The van der Waals surface area contributed by atoms with E-state index in [4.69, 9.17) is 5.11 Å². The van der Waals surface area contributed by atoms with Gasteiger partial charge in [-0.2, -0.15) is 0 Å². The Morgan fingerprint density at radius 2 is 2.14 bits per heavy atom. The van der Waals surface area contributed by atoms with Crippen LogP contribution in [0.15, 0.2) is 6.20 Å². The first kappa shape index (κ1) is 8.03. The highest BCUT2D eigenvalue weighted by Crippen LogP contribution is 2.42. The van der Waals surface area contributed by atoms with Crippen molar-refractivity contribution in [3.05, 3.63) is 17.7 Å². The maximum absolute atomic E-state index is 10.9. The number of carboxylic acids is 1. The zero-order chi connectivity index (χ0) is 9.71. The summed E-state index contributed by atoms with van der Waals surface area (Å²) in [5.41, 5.74) is 0.981. The standard InChI is InChI=1S/C10H12N2O2/c13-10(14)9-11-8(6-1-2-6)5-12(9)7-3-4-7/h5-7H,1-4H2,(H,13,14). The van der Waals surface area contributed by atoms with E-state index in [-0.39, 0.29) is 5.82 Å². The molecule has 0 unspecified atom stereocenters. The molecule has 2 aliphatic rings. The second-order valence-electron chi connectivity index (χ2n) is 4.21. The number of rotatable bonds is 3. The summed E-state index contributed by atoms with van der Waals surface area (Å²) < 4.78 is 1.84. The Hall–Kier alpha value is -1.32. The van der Waals surface area contributed by atoms with E-state index in [1.54, 1.807) is 0 Å². The highest BCUT2D eigenvalue weighted by atomic mass is 16.4. The predicted molar refractivity (Wildman–Crippen MR) is 49.4 cm³/mol. The zero-order valence-electron chi connectivity index (χ0n) is 7.81. The van der Waals surface area contributed by atoms with Crippen molar-refractivity contribution in [1.29, 1.82) is 0 Å². The summed E-state index contributed by atoms with van der Waals surface area (Å²) in [7, 11) is 0. The molecule has 0 saturated heterocycles. The van der Waals surface area contributed by atoms with Crippen molar-refractivity contribution >= 4 is 5.97 Å². The van der Waals surface area contributed by atoms with Crippen molar-refractivity contribution in [2.45, 2.75) is 37.6 Å². The summed E-state index contributed by atoms with van der Waals surface area (Å²) >= 11 is 0. The van der Waals surface area contributed by atoms with E-state index >= 15 is 0 Å². The minimum absolute atomic E-state index is 0.231. The Morgan fingerprint density at radius 1 is 1.43 bits per heavy atom. The maximum Gasteiger partial charge on any atom is 0.372 e. The van der Waals surface area contributed by atoms with E-state index in [1.165, 1.54) is 12.8 Å². The lowest BCUT2D eigenvalue weighted by Crippen LogP contribution is -2.07. The van der Waals surface area contributed by atoms with Crippen LogP contribution in [-0.2, 0) is 0 Å². The topological polar surface area (TPSA) is 55.1 Å².